The van der Waals surface area contributed by atoms with Crippen molar-refractivity contribution in [2.24, 2.45) is 5.92 Å². The van der Waals surface area contributed by atoms with Gasteiger partial charge in [0.05, 0.1) is 4.90 Å². The molecule has 0 atom stereocenters. The Morgan fingerprint density at radius 1 is 1.60 bits per heavy atom. The Morgan fingerprint density at radius 2 is 2.33 bits per heavy atom. The molecule has 84 valence electrons. The molecule has 1 aliphatic rings. The minimum atomic E-state index is 0.683. The Morgan fingerprint density at radius 3 is 2.87 bits per heavy atom. The molecule has 1 aromatic rings. The summed E-state index contributed by atoms with van der Waals surface area (Å²) in [5.74, 6) is 1.57. The zero-order chi connectivity index (χ0) is 10.8. The number of hydrogen-bond donors (Lipinski definition) is 1. The van der Waals surface area contributed by atoms with Crippen molar-refractivity contribution >= 4 is 34.1 Å². The van der Waals surface area contributed by atoms with E-state index in [0.717, 1.165) is 17.4 Å². The summed E-state index contributed by atoms with van der Waals surface area (Å²) in [5.41, 5.74) is 5.82. The maximum absolute atomic E-state index is 5.82. The molecule has 0 radical (unpaired) electrons. The second-order valence-electron chi connectivity index (χ2n) is 4.08. The highest BCUT2D eigenvalue weighted by Gasteiger charge is 2.22. The standard InChI is InChI=1S/C10H17N3S2/c1-13(6-7-4-3-5-7)10-8(14-2)9(11)12-15-10/h7H,3-6H2,1-2H3,(H2,11,12). The lowest BCUT2D eigenvalue weighted by Gasteiger charge is -2.30. The molecule has 0 unspecified atom stereocenters. The molecule has 1 fully saturated rings. The van der Waals surface area contributed by atoms with Gasteiger partial charge in [0.15, 0.2) is 5.82 Å². The number of thioether (sulfide) groups is 1. The van der Waals surface area contributed by atoms with E-state index in [1.165, 1.54) is 35.8 Å². The van der Waals surface area contributed by atoms with Gasteiger partial charge in [-0.3, -0.25) is 0 Å². The summed E-state index contributed by atoms with van der Waals surface area (Å²) in [6.07, 6.45) is 6.22. The highest BCUT2D eigenvalue weighted by Crippen LogP contribution is 2.38. The number of nitrogens with zero attached hydrogens (tertiary/aromatic N) is 2. The Balaban J connectivity index is 2.06. The Hall–Kier alpha value is -0.420. The molecule has 15 heavy (non-hydrogen) atoms. The van der Waals surface area contributed by atoms with Gasteiger partial charge in [-0.2, -0.15) is 4.37 Å². The third-order valence-corrected chi connectivity index (χ3v) is 4.88. The second-order valence-corrected chi connectivity index (χ2v) is 5.65. The summed E-state index contributed by atoms with van der Waals surface area (Å²) in [7, 11) is 2.14. The summed E-state index contributed by atoms with van der Waals surface area (Å²) in [4.78, 5) is 3.45. The minimum Gasteiger partial charge on any atom is -0.382 e. The first-order chi connectivity index (χ1) is 7.22. The third-order valence-electron chi connectivity index (χ3n) is 2.96. The number of nitrogen functional groups attached to an aromatic ring is 1. The van der Waals surface area contributed by atoms with Crippen molar-refractivity contribution in [1.29, 1.82) is 0 Å². The van der Waals surface area contributed by atoms with E-state index in [0.29, 0.717) is 5.82 Å². The van der Waals surface area contributed by atoms with Crippen molar-refractivity contribution in [2.45, 2.75) is 24.2 Å². The van der Waals surface area contributed by atoms with Crippen molar-refractivity contribution in [2.75, 3.05) is 30.5 Å². The molecule has 0 aliphatic heterocycles. The number of nitrogens with two attached hydrogens (primary N) is 1. The first kappa shape index (κ1) is 11.1. The molecule has 0 bridgehead atoms. The van der Waals surface area contributed by atoms with Crippen molar-refractivity contribution in [3.05, 3.63) is 0 Å². The predicted octanol–water partition coefficient (Wildman–Crippen LogP) is 2.68. The number of rotatable bonds is 4. The van der Waals surface area contributed by atoms with Gasteiger partial charge in [-0.05, 0) is 36.5 Å². The first-order valence-electron chi connectivity index (χ1n) is 5.22. The smallest absolute Gasteiger partial charge is 0.153 e. The largest absolute Gasteiger partial charge is 0.382 e. The lowest BCUT2D eigenvalue weighted by atomic mass is 9.85. The Bertz CT molecular complexity index is 333. The SMILES string of the molecule is CSc1c(N)nsc1N(C)CC1CCC1. The van der Waals surface area contributed by atoms with E-state index in [1.807, 2.05) is 0 Å². The van der Waals surface area contributed by atoms with Gasteiger partial charge in [-0.15, -0.1) is 11.8 Å². The van der Waals surface area contributed by atoms with Crippen LogP contribution in [0.1, 0.15) is 19.3 Å². The quantitative estimate of drug-likeness (QED) is 0.826. The minimum absolute atomic E-state index is 0.683. The van der Waals surface area contributed by atoms with Crippen LogP contribution in [-0.2, 0) is 0 Å². The maximum atomic E-state index is 5.82. The van der Waals surface area contributed by atoms with E-state index in [9.17, 15) is 0 Å². The average molecular weight is 243 g/mol. The summed E-state index contributed by atoms with van der Waals surface area (Å²) in [6.45, 7) is 1.15. The van der Waals surface area contributed by atoms with Gasteiger partial charge < -0.3 is 10.6 Å². The molecule has 5 heteroatoms. The normalized spacial score (nSPS) is 16.4. The van der Waals surface area contributed by atoms with Gasteiger partial charge in [0, 0.05) is 13.6 Å². The molecule has 0 amide bonds. The summed E-state index contributed by atoms with van der Waals surface area (Å²) >= 11 is 3.21. The van der Waals surface area contributed by atoms with Crippen molar-refractivity contribution in [3.63, 3.8) is 0 Å². The van der Waals surface area contributed by atoms with Gasteiger partial charge in [0.2, 0.25) is 0 Å². The fourth-order valence-corrected chi connectivity index (χ4v) is 3.55. The van der Waals surface area contributed by atoms with Crippen LogP contribution in [0.2, 0.25) is 0 Å². The molecule has 0 spiro atoms. The van der Waals surface area contributed by atoms with Crippen LogP contribution in [0.4, 0.5) is 10.8 Å². The molecule has 1 aliphatic carbocycles. The lowest BCUT2D eigenvalue weighted by molar-refractivity contribution is 0.321. The van der Waals surface area contributed by atoms with Gasteiger partial charge in [0.1, 0.15) is 5.00 Å². The van der Waals surface area contributed by atoms with Crippen molar-refractivity contribution < 1.29 is 0 Å². The molecule has 1 heterocycles. The monoisotopic (exact) mass is 243 g/mol. The topological polar surface area (TPSA) is 42.1 Å². The lowest BCUT2D eigenvalue weighted by Crippen LogP contribution is -2.28. The predicted molar refractivity (Wildman–Crippen MR) is 68.9 cm³/mol. The molecular formula is C10H17N3S2. The molecule has 1 saturated carbocycles. The molecule has 2 rings (SSSR count). The van der Waals surface area contributed by atoms with E-state index < -0.39 is 0 Å². The molecule has 0 aromatic carbocycles. The van der Waals surface area contributed by atoms with E-state index in [4.69, 9.17) is 5.73 Å². The molecule has 1 aromatic heterocycles. The van der Waals surface area contributed by atoms with Gasteiger partial charge in [-0.1, -0.05) is 6.42 Å². The fourth-order valence-electron chi connectivity index (χ4n) is 1.87. The summed E-state index contributed by atoms with van der Waals surface area (Å²) < 4.78 is 4.22. The molecule has 0 saturated heterocycles. The Labute approximate surface area is 99.2 Å². The van der Waals surface area contributed by atoms with Crippen LogP contribution in [0.3, 0.4) is 0 Å². The highest BCUT2D eigenvalue weighted by molar-refractivity contribution is 7.99. The Kier molecular flexibility index (Phi) is 3.41. The van der Waals surface area contributed by atoms with Crippen molar-refractivity contribution in [1.82, 2.24) is 4.37 Å². The molecule has 2 N–H and O–H groups in total. The zero-order valence-corrected chi connectivity index (χ0v) is 10.8. The van der Waals surface area contributed by atoms with E-state index >= 15 is 0 Å². The first-order valence-corrected chi connectivity index (χ1v) is 7.22. The van der Waals surface area contributed by atoms with Gasteiger partial charge in [-0.25, -0.2) is 0 Å². The number of anilines is 2. The zero-order valence-electron chi connectivity index (χ0n) is 9.19. The molecular weight excluding hydrogens is 226 g/mol. The third kappa shape index (κ3) is 2.23. The van der Waals surface area contributed by atoms with Crippen LogP contribution in [-0.4, -0.2) is 24.2 Å². The second kappa shape index (κ2) is 4.61. The van der Waals surface area contributed by atoms with Gasteiger partial charge >= 0.3 is 0 Å². The average Bonchev–Trinajstić information content (AvgIpc) is 2.52. The van der Waals surface area contributed by atoms with Crippen LogP contribution in [0, 0.1) is 5.92 Å². The van der Waals surface area contributed by atoms with Crippen LogP contribution in [0.5, 0.6) is 0 Å². The highest BCUT2D eigenvalue weighted by atomic mass is 32.2. The maximum Gasteiger partial charge on any atom is 0.153 e. The molecule has 3 nitrogen and oxygen atoms in total. The fraction of sp³-hybridized carbons (Fsp3) is 0.700. The summed E-state index contributed by atoms with van der Waals surface area (Å²) in [5, 5.41) is 1.23. The number of aromatic nitrogens is 1. The number of hydrogen-bond acceptors (Lipinski definition) is 5. The van der Waals surface area contributed by atoms with Crippen LogP contribution in [0.15, 0.2) is 4.90 Å². The summed E-state index contributed by atoms with van der Waals surface area (Å²) in [6, 6.07) is 0. The van der Waals surface area contributed by atoms with E-state index in [-0.39, 0.29) is 0 Å². The van der Waals surface area contributed by atoms with Crippen LogP contribution in [0.25, 0.3) is 0 Å². The van der Waals surface area contributed by atoms with Crippen LogP contribution < -0.4 is 10.6 Å². The van der Waals surface area contributed by atoms with Gasteiger partial charge in [0.25, 0.3) is 0 Å². The van der Waals surface area contributed by atoms with E-state index in [2.05, 4.69) is 22.6 Å². The van der Waals surface area contributed by atoms with E-state index in [1.54, 1.807) is 11.8 Å². The van der Waals surface area contributed by atoms with Crippen LogP contribution >= 0.6 is 23.3 Å². The van der Waals surface area contributed by atoms with Crippen molar-refractivity contribution in [3.8, 4) is 0 Å².